The van der Waals surface area contributed by atoms with Crippen molar-refractivity contribution in [2.24, 2.45) is 0 Å². The van der Waals surface area contributed by atoms with Gasteiger partial charge in [-0.05, 0) is 35.4 Å². The number of hydrogen-bond acceptors (Lipinski definition) is 2. The maximum absolute atomic E-state index is 13.7. The van der Waals surface area contributed by atoms with Crippen LogP contribution in [0.5, 0.6) is 0 Å². The van der Waals surface area contributed by atoms with Crippen molar-refractivity contribution < 1.29 is 13.2 Å². The van der Waals surface area contributed by atoms with E-state index in [1.54, 1.807) is 18.5 Å². The van der Waals surface area contributed by atoms with Crippen molar-refractivity contribution in [2.75, 3.05) is 6.54 Å². The molecule has 0 aliphatic carbocycles. The molecule has 0 saturated heterocycles. The van der Waals surface area contributed by atoms with Crippen LogP contribution in [0.1, 0.15) is 28.6 Å². The fourth-order valence-corrected chi connectivity index (χ4v) is 3.41. The predicted molar refractivity (Wildman–Crippen MR) is 87.3 cm³/mol. The molecule has 3 nitrogen and oxygen atoms in total. The normalized spacial score (nSPS) is 17.5. The first-order valence-electron chi connectivity index (χ1n) is 8.07. The third kappa shape index (κ3) is 3.05. The van der Waals surface area contributed by atoms with E-state index in [4.69, 9.17) is 0 Å². The van der Waals surface area contributed by atoms with Crippen LogP contribution in [0.4, 0.5) is 13.2 Å². The highest BCUT2D eigenvalue weighted by Gasteiger charge is 2.31. The molecule has 0 radical (unpaired) electrons. The molecule has 1 aliphatic heterocycles. The van der Waals surface area contributed by atoms with Gasteiger partial charge in [0.05, 0.1) is 18.1 Å². The highest BCUT2D eigenvalue weighted by molar-refractivity contribution is 5.33. The number of nitrogens with zero attached hydrogens (tertiary/aromatic N) is 2. The first-order valence-corrected chi connectivity index (χ1v) is 8.07. The summed E-state index contributed by atoms with van der Waals surface area (Å²) in [6.45, 7) is 1.13. The minimum Gasteiger partial charge on any atom is -0.348 e. The van der Waals surface area contributed by atoms with Crippen molar-refractivity contribution in [1.29, 1.82) is 0 Å². The van der Waals surface area contributed by atoms with E-state index in [1.165, 1.54) is 18.2 Å². The van der Waals surface area contributed by atoms with E-state index >= 15 is 0 Å². The molecule has 0 unspecified atom stereocenters. The summed E-state index contributed by atoms with van der Waals surface area (Å²) in [4.78, 5) is 9.65. The van der Waals surface area contributed by atoms with Gasteiger partial charge >= 0.3 is 0 Å². The fourth-order valence-electron chi connectivity index (χ4n) is 3.41. The first kappa shape index (κ1) is 15.9. The molecule has 6 heteroatoms. The maximum atomic E-state index is 13.7. The second-order valence-corrected chi connectivity index (χ2v) is 6.19. The molecule has 0 fully saturated rings. The van der Waals surface area contributed by atoms with Gasteiger partial charge in [-0.1, -0.05) is 18.2 Å². The zero-order chi connectivity index (χ0) is 17.4. The Morgan fingerprint density at radius 1 is 1.08 bits per heavy atom. The average molecular weight is 343 g/mol. The van der Waals surface area contributed by atoms with Crippen molar-refractivity contribution >= 4 is 0 Å². The second kappa shape index (κ2) is 6.37. The number of imidazole rings is 1. The van der Waals surface area contributed by atoms with Crippen LogP contribution >= 0.6 is 0 Å². The van der Waals surface area contributed by atoms with Gasteiger partial charge < -0.3 is 4.98 Å². The number of benzene rings is 2. The number of hydrogen-bond donors (Lipinski definition) is 1. The van der Waals surface area contributed by atoms with Gasteiger partial charge in [-0.15, -0.1) is 0 Å². The molecule has 1 atom stereocenters. The van der Waals surface area contributed by atoms with Gasteiger partial charge in [0, 0.05) is 25.2 Å². The van der Waals surface area contributed by atoms with Crippen LogP contribution in [0.25, 0.3) is 0 Å². The Morgan fingerprint density at radius 2 is 1.96 bits per heavy atom. The zero-order valence-electron chi connectivity index (χ0n) is 13.3. The Labute approximate surface area is 143 Å². The molecule has 0 saturated carbocycles. The van der Waals surface area contributed by atoms with Gasteiger partial charge in [0.15, 0.2) is 11.6 Å². The number of fused-ring (bicyclic) bond motifs is 1. The SMILES string of the molecule is Fc1cccc([C@H]2c3nc[nH]c3CCN2Cc2ccc(F)c(F)c2)c1. The Morgan fingerprint density at radius 3 is 2.76 bits per heavy atom. The quantitative estimate of drug-likeness (QED) is 0.780. The Kier molecular flexibility index (Phi) is 4.05. The van der Waals surface area contributed by atoms with Crippen molar-refractivity contribution in [2.45, 2.75) is 19.0 Å². The van der Waals surface area contributed by atoms with Crippen LogP contribution in [0.15, 0.2) is 48.8 Å². The van der Waals surface area contributed by atoms with Gasteiger partial charge in [0.1, 0.15) is 5.82 Å². The van der Waals surface area contributed by atoms with Crippen LogP contribution in [-0.2, 0) is 13.0 Å². The summed E-state index contributed by atoms with van der Waals surface area (Å²) in [5.74, 6) is -2.04. The number of nitrogens with one attached hydrogen (secondary N) is 1. The minimum atomic E-state index is -0.864. The third-order valence-corrected chi connectivity index (χ3v) is 4.56. The maximum Gasteiger partial charge on any atom is 0.159 e. The van der Waals surface area contributed by atoms with Crippen LogP contribution in [-0.4, -0.2) is 21.4 Å². The fraction of sp³-hybridized carbons (Fsp3) is 0.211. The van der Waals surface area contributed by atoms with Gasteiger partial charge in [-0.3, -0.25) is 4.90 Å². The molecule has 3 aromatic rings. The summed E-state index contributed by atoms with van der Waals surface area (Å²) in [6.07, 6.45) is 2.41. The average Bonchev–Trinajstić information content (AvgIpc) is 3.06. The Hall–Kier alpha value is -2.60. The lowest BCUT2D eigenvalue weighted by molar-refractivity contribution is 0.199. The van der Waals surface area contributed by atoms with E-state index in [1.807, 2.05) is 6.07 Å². The lowest BCUT2D eigenvalue weighted by atomic mass is 9.95. The monoisotopic (exact) mass is 343 g/mol. The van der Waals surface area contributed by atoms with Gasteiger partial charge in [0.25, 0.3) is 0 Å². The van der Waals surface area contributed by atoms with Gasteiger partial charge in [-0.2, -0.15) is 0 Å². The van der Waals surface area contributed by atoms with E-state index in [0.29, 0.717) is 18.7 Å². The lowest BCUT2D eigenvalue weighted by Crippen LogP contribution is -2.36. The summed E-state index contributed by atoms with van der Waals surface area (Å²) < 4.78 is 40.4. The van der Waals surface area contributed by atoms with Crippen LogP contribution in [0.2, 0.25) is 0 Å². The van der Waals surface area contributed by atoms with Crippen LogP contribution < -0.4 is 0 Å². The molecule has 0 bridgehead atoms. The largest absolute Gasteiger partial charge is 0.348 e. The minimum absolute atomic E-state index is 0.237. The molecular weight excluding hydrogens is 327 g/mol. The molecule has 0 spiro atoms. The van der Waals surface area contributed by atoms with Crippen molar-refractivity contribution in [3.05, 3.63) is 88.8 Å². The van der Waals surface area contributed by atoms with Crippen LogP contribution in [0, 0.1) is 17.5 Å². The van der Waals surface area contributed by atoms with E-state index in [0.717, 1.165) is 29.4 Å². The molecule has 1 aromatic heterocycles. The third-order valence-electron chi connectivity index (χ3n) is 4.56. The molecule has 2 aromatic carbocycles. The van der Waals surface area contributed by atoms with Crippen LogP contribution in [0.3, 0.4) is 0 Å². The van der Waals surface area contributed by atoms with Crippen molar-refractivity contribution in [3.63, 3.8) is 0 Å². The molecule has 1 N–H and O–H groups in total. The Balaban J connectivity index is 1.71. The lowest BCUT2D eigenvalue weighted by Gasteiger charge is -2.35. The van der Waals surface area contributed by atoms with E-state index in [-0.39, 0.29) is 11.9 Å². The molecule has 4 rings (SSSR count). The number of aromatic nitrogens is 2. The van der Waals surface area contributed by atoms with Crippen molar-refractivity contribution in [1.82, 2.24) is 14.9 Å². The number of halogens is 3. The van der Waals surface area contributed by atoms with E-state index in [2.05, 4.69) is 14.9 Å². The molecule has 1 aliphatic rings. The standard InChI is InChI=1S/C19H16F3N3/c20-14-3-1-2-13(9-14)19-18-17(23-11-24-18)6-7-25(19)10-12-4-5-15(21)16(22)8-12/h1-5,8-9,11,19H,6-7,10H2,(H,23,24)/t19-/m0/s1. The number of H-pyrrole nitrogens is 1. The summed E-state index contributed by atoms with van der Waals surface area (Å²) in [7, 11) is 0. The topological polar surface area (TPSA) is 31.9 Å². The van der Waals surface area contributed by atoms with Gasteiger partial charge in [0.2, 0.25) is 0 Å². The molecular formula is C19H16F3N3. The van der Waals surface area contributed by atoms with Gasteiger partial charge in [-0.25, -0.2) is 18.2 Å². The highest BCUT2D eigenvalue weighted by atomic mass is 19.2. The zero-order valence-corrected chi connectivity index (χ0v) is 13.3. The molecule has 0 amide bonds. The smallest absolute Gasteiger partial charge is 0.159 e. The Bertz CT molecular complexity index is 906. The first-order chi connectivity index (χ1) is 12.1. The summed E-state index contributed by atoms with van der Waals surface area (Å²) in [5.41, 5.74) is 3.32. The van der Waals surface area contributed by atoms with E-state index < -0.39 is 11.6 Å². The number of rotatable bonds is 3. The molecule has 2 heterocycles. The van der Waals surface area contributed by atoms with E-state index in [9.17, 15) is 13.2 Å². The molecule has 128 valence electrons. The number of aromatic amines is 1. The summed E-state index contributed by atoms with van der Waals surface area (Å²) in [5, 5.41) is 0. The highest BCUT2D eigenvalue weighted by Crippen LogP contribution is 2.34. The molecule has 25 heavy (non-hydrogen) atoms. The van der Waals surface area contributed by atoms with Crippen molar-refractivity contribution in [3.8, 4) is 0 Å². The summed E-state index contributed by atoms with van der Waals surface area (Å²) >= 11 is 0. The summed E-state index contributed by atoms with van der Waals surface area (Å²) in [6, 6.07) is 10.1. The second-order valence-electron chi connectivity index (χ2n) is 6.19. The predicted octanol–water partition coefficient (Wildman–Crippen LogP) is 3.97.